The van der Waals surface area contributed by atoms with Crippen molar-refractivity contribution in [3.8, 4) is 5.75 Å². The summed E-state index contributed by atoms with van der Waals surface area (Å²) in [4.78, 5) is 12.2. The maximum Gasteiger partial charge on any atom is 0.232 e. The molecule has 0 unspecified atom stereocenters. The van der Waals surface area contributed by atoms with Gasteiger partial charge in [-0.25, -0.2) is 8.42 Å². The number of anilines is 2. The van der Waals surface area contributed by atoms with Crippen molar-refractivity contribution in [3.63, 3.8) is 0 Å². The second kappa shape index (κ2) is 8.90. The van der Waals surface area contributed by atoms with Gasteiger partial charge in [0.2, 0.25) is 15.9 Å². The molecule has 0 heterocycles. The van der Waals surface area contributed by atoms with Gasteiger partial charge in [-0.15, -0.1) is 0 Å². The molecule has 0 aliphatic heterocycles. The molecule has 0 aromatic heterocycles. The van der Waals surface area contributed by atoms with E-state index >= 15 is 0 Å². The molecule has 0 spiro atoms. The molecular formula is C20H26N2O4S. The Kier molecular flexibility index (Phi) is 6.85. The van der Waals surface area contributed by atoms with E-state index in [1.54, 1.807) is 24.3 Å². The standard InChI is InChI=1S/C20H26N2O4S/c1-15-11-12-17(16(2)14-15)21-20(23)10-7-13-22(27(4,24)25)18-8-5-6-9-19(18)26-3/h5-6,8-9,11-12,14H,7,10,13H2,1-4H3,(H,21,23). The van der Waals surface area contributed by atoms with Gasteiger partial charge in [-0.05, 0) is 44.0 Å². The molecule has 2 aromatic carbocycles. The van der Waals surface area contributed by atoms with Crippen LogP contribution in [0.5, 0.6) is 5.75 Å². The number of hydrogen-bond acceptors (Lipinski definition) is 4. The maximum atomic E-state index is 12.2. The second-order valence-corrected chi connectivity index (χ2v) is 8.38. The molecule has 2 aromatic rings. The summed E-state index contributed by atoms with van der Waals surface area (Å²) >= 11 is 0. The molecule has 0 saturated heterocycles. The average molecular weight is 391 g/mol. The third-order valence-electron chi connectivity index (χ3n) is 4.18. The van der Waals surface area contributed by atoms with Gasteiger partial charge in [0.05, 0.1) is 19.1 Å². The van der Waals surface area contributed by atoms with E-state index in [-0.39, 0.29) is 18.9 Å². The van der Waals surface area contributed by atoms with Gasteiger partial charge in [0.25, 0.3) is 0 Å². The number of sulfonamides is 1. The first-order chi connectivity index (χ1) is 12.7. The highest BCUT2D eigenvalue weighted by molar-refractivity contribution is 7.92. The summed E-state index contributed by atoms with van der Waals surface area (Å²) in [5, 5.41) is 2.88. The number of aryl methyl sites for hydroxylation is 2. The number of benzene rings is 2. The molecule has 0 aliphatic carbocycles. The molecular weight excluding hydrogens is 364 g/mol. The first kappa shape index (κ1) is 20.8. The van der Waals surface area contributed by atoms with Crippen LogP contribution in [0, 0.1) is 13.8 Å². The van der Waals surface area contributed by atoms with E-state index in [1.165, 1.54) is 11.4 Å². The Labute approximate surface area is 161 Å². The number of rotatable bonds is 8. The molecule has 7 heteroatoms. The third-order valence-corrected chi connectivity index (χ3v) is 5.36. The van der Waals surface area contributed by atoms with Crippen LogP contribution in [0.4, 0.5) is 11.4 Å². The van der Waals surface area contributed by atoms with E-state index < -0.39 is 10.0 Å². The molecule has 0 saturated carbocycles. The van der Waals surface area contributed by atoms with Gasteiger partial charge in [-0.3, -0.25) is 9.10 Å². The molecule has 1 N–H and O–H groups in total. The van der Waals surface area contributed by atoms with Crippen LogP contribution in [0.3, 0.4) is 0 Å². The highest BCUT2D eigenvalue weighted by Crippen LogP contribution is 2.29. The normalized spacial score (nSPS) is 11.1. The van der Waals surface area contributed by atoms with Crippen LogP contribution in [0.25, 0.3) is 0 Å². The lowest BCUT2D eigenvalue weighted by molar-refractivity contribution is -0.116. The lowest BCUT2D eigenvalue weighted by atomic mass is 10.1. The van der Waals surface area contributed by atoms with Crippen LogP contribution in [-0.2, 0) is 14.8 Å². The van der Waals surface area contributed by atoms with Gasteiger partial charge in [0, 0.05) is 18.7 Å². The van der Waals surface area contributed by atoms with Crippen molar-refractivity contribution in [2.75, 3.05) is 29.5 Å². The van der Waals surface area contributed by atoms with Crippen LogP contribution >= 0.6 is 0 Å². The summed E-state index contributed by atoms with van der Waals surface area (Å²) in [7, 11) is -2.00. The average Bonchev–Trinajstić information content (AvgIpc) is 2.60. The van der Waals surface area contributed by atoms with Gasteiger partial charge in [0.1, 0.15) is 5.75 Å². The summed E-state index contributed by atoms with van der Waals surface area (Å²) in [6.45, 7) is 4.13. The molecule has 0 aliphatic rings. The van der Waals surface area contributed by atoms with E-state index in [0.717, 1.165) is 23.1 Å². The molecule has 2 rings (SSSR count). The molecule has 146 valence electrons. The number of amides is 1. The number of hydrogen-bond donors (Lipinski definition) is 1. The minimum Gasteiger partial charge on any atom is -0.495 e. The number of nitrogens with one attached hydrogen (secondary N) is 1. The quantitative estimate of drug-likeness (QED) is 0.749. The van der Waals surface area contributed by atoms with Gasteiger partial charge >= 0.3 is 0 Å². The van der Waals surface area contributed by atoms with E-state index in [1.807, 2.05) is 32.0 Å². The van der Waals surface area contributed by atoms with Crippen molar-refractivity contribution in [2.24, 2.45) is 0 Å². The third kappa shape index (κ3) is 5.72. The molecule has 0 bridgehead atoms. The summed E-state index contributed by atoms with van der Waals surface area (Å²) in [5.74, 6) is 0.332. The first-order valence-corrected chi connectivity index (χ1v) is 10.5. The largest absolute Gasteiger partial charge is 0.495 e. The van der Waals surface area contributed by atoms with Gasteiger partial charge < -0.3 is 10.1 Å². The molecule has 6 nitrogen and oxygen atoms in total. The van der Waals surface area contributed by atoms with Crippen molar-refractivity contribution in [1.29, 1.82) is 0 Å². The SMILES string of the molecule is COc1ccccc1N(CCCC(=O)Nc1ccc(C)cc1C)S(C)(=O)=O. The fourth-order valence-corrected chi connectivity index (χ4v) is 3.82. The van der Waals surface area contributed by atoms with Crippen LogP contribution < -0.4 is 14.4 Å². The predicted octanol–water partition coefficient (Wildman–Crippen LogP) is 3.50. The fraction of sp³-hybridized carbons (Fsp3) is 0.350. The van der Waals surface area contributed by atoms with Gasteiger partial charge in [0.15, 0.2) is 0 Å². The Morgan fingerprint density at radius 3 is 2.48 bits per heavy atom. The van der Waals surface area contributed by atoms with Crippen LogP contribution in [0.1, 0.15) is 24.0 Å². The van der Waals surface area contributed by atoms with Crippen molar-refractivity contribution < 1.29 is 17.9 Å². The zero-order chi connectivity index (χ0) is 20.0. The van der Waals surface area contributed by atoms with Gasteiger partial charge in [-0.1, -0.05) is 29.8 Å². The van der Waals surface area contributed by atoms with Crippen molar-refractivity contribution >= 4 is 27.3 Å². The lowest BCUT2D eigenvalue weighted by Crippen LogP contribution is -2.31. The minimum atomic E-state index is -3.50. The first-order valence-electron chi connectivity index (χ1n) is 8.70. The van der Waals surface area contributed by atoms with E-state index in [0.29, 0.717) is 17.9 Å². The zero-order valence-corrected chi connectivity index (χ0v) is 17.0. The maximum absolute atomic E-state index is 12.2. The lowest BCUT2D eigenvalue weighted by Gasteiger charge is -2.24. The number of ether oxygens (including phenoxy) is 1. The minimum absolute atomic E-state index is 0.143. The van der Waals surface area contributed by atoms with Gasteiger partial charge in [-0.2, -0.15) is 0 Å². The van der Waals surface area contributed by atoms with Crippen molar-refractivity contribution in [3.05, 3.63) is 53.6 Å². The van der Waals surface area contributed by atoms with Crippen molar-refractivity contribution in [1.82, 2.24) is 0 Å². The number of nitrogens with zero attached hydrogens (tertiary/aromatic N) is 1. The predicted molar refractivity (Wildman–Crippen MR) is 109 cm³/mol. The number of carbonyl (C=O) groups is 1. The fourth-order valence-electron chi connectivity index (χ4n) is 2.85. The Hall–Kier alpha value is -2.54. The van der Waals surface area contributed by atoms with E-state index in [2.05, 4.69) is 5.32 Å². The van der Waals surface area contributed by atoms with Crippen LogP contribution in [0.15, 0.2) is 42.5 Å². The highest BCUT2D eigenvalue weighted by Gasteiger charge is 2.20. The Bertz CT molecular complexity index is 910. The Balaban J connectivity index is 2.02. The van der Waals surface area contributed by atoms with Crippen LogP contribution in [0.2, 0.25) is 0 Å². The highest BCUT2D eigenvalue weighted by atomic mass is 32.2. The molecule has 1 amide bonds. The van der Waals surface area contributed by atoms with E-state index in [9.17, 15) is 13.2 Å². The zero-order valence-electron chi connectivity index (χ0n) is 16.2. The summed E-state index contributed by atoms with van der Waals surface area (Å²) < 4.78 is 31.0. The Morgan fingerprint density at radius 1 is 1.15 bits per heavy atom. The van der Waals surface area contributed by atoms with E-state index in [4.69, 9.17) is 4.74 Å². The summed E-state index contributed by atoms with van der Waals surface area (Å²) in [6.07, 6.45) is 1.76. The second-order valence-electron chi connectivity index (χ2n) is 6.48. The smallest absolute Gasteiger partial charge is 0.232 e. The number of methoxy groups -OCH3 is 1. The topological polar surface area (TPSA) is 75.7 Å². The monoisotopic (exact) mass is 390 g/mol. The molecule has 0 fully saturated rings. The van der Waals surface area contributed by atoms with Crippen molar-refractivity contribution in [2.45, 2.75) is 26.7 Å². The summed E-state index contributed by atoms with van der Waals surface area (Å²) in [6, 6.07) is 12.7. The summed E-state index contributed by atoms with van der Waals surface area (Å²) in [5.41, 5.74) is 3.37. The molecule has 0 atom stereocenters. The number of carbonyl (C=O) groups excluding carboxylic acids is 1. The van der Waals surface area contributed by atoms with Crippen LogP contribution in [-0.4, -0.2) is 34.2 Å². The molecule has 27 heavy (non-hydrogen) atoms. The molecule has 0 radical (unpaired) electrons. The Morgan fingerprint density at radius 2 is 1.85 bits per heavy atom. The number of para-hydroxylation sites is 2.